The summed E-state index contributed by atoms with van der Waals surface area (Å²) in [6.07, 6.45) is -0.533. The van der Waals surface area contributed by atoms with Crippen molar-refractivity contribution in [2.24, 2.45) is 0 Å². The molecule has 1 unspecified atom stereocenters. The van der Waals surface area contributed by atoms with E-state index in [2.05, 4.69) is 0 Å². The molecule has 0 spiro atoms. The van der Waals surface area contributed by atoms with Crippen molar-refractivity contribution in [1.29, 1.82) is 0 Å². The normalized spacial score (nSPS) is 11.7. The van der Waals surface area contributed by atoms with Gasteiger partial charge in [0.15, 0.2) is 6.10 Å². The number of hydrogen-bond acceptors (Lipinski definition) is 5. The van der Waals surface area contributed by atoms with Crippen molar-refractivity contribution in [2.45, 2.75) is 26.4 Å². The van der Waals surface area contributed by atoms with E-state index in [-0.39, 0.29) is 12.4 Å². The maximum absolute atomic E-state index is 13.1. The predicted octanol–water partition coefficient (Wildman–Crippen LogP) is 2.45. The molecular weight excluding hydrogens is 257 g/mol. The van der Waals surface area contributed by atoms with Gasteiger partial charge in [-0.2, -0.15) is 4.39 Å². The number of esters is 1. The number of nitro benzene ring substituents is 1. The standard InChI is InChI=1S/C12H14FNO5/c1-3-11(12(15)18-4-2)19-8-5-6-9(13)10(7-8)14(16)17/h5-7,11H,3-4H2,1-2H3. The summed E-state index contributed by atoms with van der Waals surface area (Å²) in [6, 6.07) is 3.09. The molecule has 1 aromatic carbocycles. The van der Waals surface area contributed by atoms with E-state index in [9.17, 15) is 19.3 Å². The van der Waals surface area contributed by atoms with Gasteiger partial charge in [0.05, 0.1) is 17.6 Å². The fourth-order valence-corrected chi connectivity index (χ4v) is 1.40. The van der Waals surface area contributed by atoms with E-state index in [0.717, 1.165) is 12.1 Å². The average Bonchev–Trinajstić information content (AvgIpc) is 2.37. The van der Waals surface area contributed by atoms with Gasteiger partial charge in [-0.25, -0.2) is 4.79 Å². The first-order chi connectivity index (χ1) is 8.99. The van der Waals surface area contributed by atoms with E-state index < -0.39 is 28.5 Å². The highest BCUT2D eigenvalue weighted by molar-refractivity contribution is 5.75. The lowest BCUT2D eigenvalue weighted by atomic mass is 10.2. The van der Waals surface area contributed by atoms with Crippen LogP contribution >= 0.6 is 0 Å². The fraction of sp³-hybridized carbons (Fsp3) is 0.417. The Bertz CT molecular complexity index is 477. The summed E-state index contributed by atoms with van der Waals surface area (Å²) in [5.74, 6) is -1.47. The summed E-state index contributed by atoms with van der Waals surface area (Å²) in [7, 11) is 0. The minimum atomic E-state index is -0.957. The molecule has 6 nitrogen and oxygen atoms in total. The van der Waals surface area contributed by atoms with E-state index in [0.29, 0.717) is 6.42 Å². The quantitative estimate of drug-likeness (QED) is 0.451. The maximum Gasteiger partial charge on any atom is 0.347 e. The average molecular weight is 271 g/mol. The third kappa shape index (κ3) is 3.90. The Balaban J connectivity index is 2.89. The molecule has 0 amide bonds. The zero-order chi connectivity index (χ0) is 14.4. The Morgan fingerprint density at radius 2 is 2.16 bits per heavy atom. The smallest absolute Gasteiger partial charge is 0.347 e. The van der Waals surface area contributed by atoms with Crippen LogP contribution in [0, 0.1) is 15.9 Å². The minimum absolute atomic E-state index is 0.0491. The lowest BCUT2D eigenvalue weighted by Crippen LogP contribution is -2.28. The van der Waals surface area contributed by atoms with Crippen molar-refractivity contribution >= 4 is 11.7 Å². The number of benzene rings is 1. The van der Waals surface area contributed by atoms with E-state index in [1.807, 2.05) is 0 Å². The topological polar surface area (TPSA) is 78.7 Å². The monoisotopic (exact) mass is 271 g/mol. The third-order valence-electron chi connectivity index (χ3n) is 2.31. The number of carbonyl (C=O) groups excluding carboxylic acids is 1. The molecule has 0 fully saturated rings. The van der Waals surface area contributed by atoms with Crippen LogP contribution in [0.2, 0.25) is 0 Å². The Labute approximate surface area is 109 Å². The van der Waals surface area contributed by atoms with Crippen molar-refractivity contribution in [3.63, 3.8) is 0 Å². The van der Waals surface area contributed by atoms with Gasteiger partial charge >= 0.3 is 11.7 Å². The Morgan fingerprint density at radius 1 is 1.47 bits per heavy atom. The molecule has 0 bridgehead atoms. The van der Waals surface area contributed by atoms with Gasteiger partial charge in [0, 0.05) is 0 Å². The molecule has 0 radical (unpaired) electrons. The number of hydrogen-bond donors (Lipinski definition) is 0. The lowest BCUT2D eigenvalue weighted by molar-refractivity contribution is -0.387. The highest BCUT2D eigenvalue weighted by Gasteiger charge is 2.22. The van der Waals surface area contributed by atoms with Crippen LogP contribution in [0.3, 0.4) is 0 Å². The van der Waals surface area contributed by atoms with Crippen molar-refractivity contribution in [2.75, 3.05) is 6.61 Å². The molecule has 104 valence electrons. The molecule has 0 aliphatic heterocycles. The van der Waals surface area contributed by atoms with Crippen LogP contribution in [0.5, 0.6) is 5.75 Å². The molecule has 1 atom stereocenters. The molecule has 0 aliphatic rings. The number of nitrogens with zero attached hydrogens (tertiary/aromatic N) is 1. The molecule has 0 N–H and O–H groups in total. The van der Waals surface area contributed by atoms with Crippen molar-refractivity contribution in [3.8, 4) is 5.75 Å². The van der Waals surface area contributed by atoms with Crippen LogP contribution in [-0.2, 0) is 9.53 Å². The number of nitro groups is 1. The summed E-state index contributed by atoms with van der Waals surface area (Å²) < 4.78 is 23.2. The second-order valence-corrected chi connectivity index (χ2v) is 3.64. The van der Waals surface area contributed by atoms with Gasteiger partial charge in [-0.1, -0.05) is 6.92 Å². The van der Waals surface area contributed by atoms with Crippen LogP contribution in [0.15, 0.2) is 18.2 Å². The molecule has 7 heteroatoms. The fourth-order valence-electron chi connectivity index (χ4n) is 1.40. The molecule has 19 heavy (non-hydrogen) atoms. The van der Waals surface area contributed by atoms with Crippen LogP contribution < -0.4 is 4.74 Å². The first-order valence-corrected chi connectivity index (χ1v) is 5.76. The molecule has 0 aliphatic carbocycles. The molecule has 1 aromatic rings. The van der Waals surface area contributed by atoms with Crippen molar-refractivity contribution < 1.29 is 23.6 Å². The van der Waals surface area contributed by atoms with Gasteiger partial charge in [-0.15, -0.1) is 0 Å². The van der Waals surface area contributed by atoms with Crippen molar-refractivity contribution in [1.82, 2.24) is 0 Å². The van der Waals surface area contributed by atoms with Gasteiger partial charge in [0.2, 0.25) is 5.82 Å². The highest BCUT2D eigenvalue weighted by atomic mass is 19.1. The molecular formula is C12H14FNO5. The first-order valence-electron chi connectivity index (χ1n) is 5.76. The summed E-state index contributed by atoms with van der Waals surface area (Å²) in [5, 5.41) is 10.6. The largest absolute Gasteiger partial charge is 0.478 e. The minimum Gasteiger partial charge on any atom is -0.478 e. The van der Waals surface area contributed by atoms with E-state index in [1.165, 1.54) is 6.07 Å². The van der Waals surface area contributed by atoms with Crippen LogP contribution in [-0.4, -0.2) is 23.6 Å². The molecule has 0 saturated carbocycles. The number of ether oxygens (including phenoxy) is 2. The number of carbonyl (C=O) groups is 1. The third-order valence-corrected chi connectivity index (χ3v) is 2.31. The molecule has 0 aromatic heterocycles. The zero-order valence-corrected chi connectivity index (χ0v) is 10.6. The van der Waals surface area contributed by atoms with Crippen LogP contribution in [0.1, 0.15) is 20.3 Å². The first kappa shape index (κ1) is 14.9. The SMILES string of the molecule is CCOC(=O)C(CC)Oc1ccc(F)c([N+](=O)[O-])c1. The summed E-state index contributed by atoms with van der Waals surface area (Å²) >= 11 is 0. The molecule has 0 heterocycles. The van der Waals surface area contributed by atoms with Gasteiger partial charge in [-0.05, 0) is 25.5 Å². The molecule has 1 rings (SSSR count). The second kappa shape index (κ2) is 6.67. The van der Waals surface area contributed by atoms with Gasteiger partial charge in [-0.3, -0.25) is 10.1 Å². The number of rotatable bonds is 6. The van der Waals surface area contributed by atoms with E-state index in [1.54, 1.807) is 13.8 Å². The van der Waals surface area contributed by atoms with Gasteiger partial charge in [0.1, 0.15) is 5.75 Å². The summed E-state index contributed by atoms with van der Waals surface area (Å²) in [5.41, 5.74) is -0.698. The van der Waals surface area contributed by atoms with E-state index in [4.69, 9.17) is 9.47 Å². The second-order valence-electron chi connectivity index (χ2n) is 3.64. The van der Waals surface area contributed by atoms with Gasteiger partial charge in [0.25, 0.3) is 0 Å². The Hall–Kier alpha value is -2.18. The van der Waals surface area contributed by atoms with E-state index >= 15 is 0 Å². The zero-order valence-electron chi connectivity index (χ0n) is 10.6. The summed E-state index contributed by atoms with van der Waals surface area (Å²) in [6.45, 7) is 3.58. The molecule has 0 saturated heterocycles. The van der Waals surface area contributed by atoms with Crippen LogP contribution in [0.4, 0.5) is 10.1 Å². The highest BCUT2D eigenvalue weighted by Crippen LogP contribution is 2.24. The number of halogens is 1. The van der Waals surface area contributed by atoms with Crippen molar-refractivity contribution in [3.05, 3.63) is 34.1 Å². The van der Waals surface area contributed by atoms with Crippen LogP contribution in [0.25, 0.3) is 0 Å². The summed E-state index contributed by atoms with van der Waals surface area (Å²) in [4.78, 5) is 21.2. The maximum atomic E-state index is 13.1. The van der Waals surface area contributed by atoms with Gasteiger partial charge < -0.3 is 9.47 Å². The predicted molar refractivity (Wildman–Crippen MR) is 64.4 cm³/mol. The Morgan fingerprint density at radius 3 is 2.68 bits per heavy atom. The Kier molecular flexibility index (Phi) is 5.23. The lowest BCUT2D eigenvalue weighted by Gasteiger charge is -2.15.